The summed E-state index contributed by atoms with van der Waals surface area (Å²) in [7, 11) is 0. The Balaban J connectivity index is 2.03. The van der Waals surface area contributed by atoms with Crippen LogP contribution in [0.3, 0.4) is 0 Å². The fraction of sp³-hybridized carbons (Fsp3) is 0.500. The maximum absolute atomic E-state index is 5.34. The number of benzene rings is 1. The van der Waals surface area contributed by atoms with Crippen LogP contribution in [0.1, 0.15) is 18.5 Å². The van der Waals surface area contributed by atoms with Crippen LogP contribution < -0.4 is 0 Å². The standard InChI is InChI=1S/C12H17NO/c1-11(12-5-3-2-4-6-12)13-7-9-14-10-8-13/h2-6,11H,7-10H2,1H3. The van der Waals surface area contributed by atoms with E-state index in [0.29, 0.717) is 6.04 Å². The van der Waals surface area contributed by atoms with Crippen molar-refractivity contribution in [2.45, 2.75) is 13.0 Å². The largest absolute Gasteiger partial charge is 0.379 e. The smallest absolute Gasteiger partial charge is 0.0594 e. The van der Waals surface area contributed by atoms with Gasteiger partial charge in [-0.1, -0.05) is 30.3 Å². The molecule has 1 aliphatic rings. The molecule has 0 radical (unpaired) electrons. The van der Waals surface area contributed by atoms with E-state index in [2.05, 4.69) is 42.2 Å². The van der Waals surface area contributed by atoms with E-state index >= 15 is 0 Å². The second-order valence-electron chi connectivity index (χ2n) is 3.73. The van der Waals surface area contributed by atoms with Crippen LogP contribution in [0.15, 0.2) is 30.3 Å². The Labute approximate surface area is 85.5 Å². The predicted octanol–water partition coefficient (Wildman–Crippen LogP) is 2.08. The van der Waals surface area contributed by atoms with Crippen molar-refractivity contribution in [3.63, 3.8) is 0 Å². The van der Waals surface area contributed by atoms with Crippen LogP contribution in [0.4, 0.5) is 0 Å². The summed E-state index contributed by atoms with van der Waals surface area (Å²) < 4.78 is 5.34. The van der Waals surface area contributed by atoms with Gasteiger partial charge in [0.15, 0.2) is 0 Å². The van der Waals surface area contributed by atoms with Crippen molar-refractivity contribution in [3.05, 3.63) is 35.9 Å². The van der Waals surface area contributed by atoms with Gasteiger partial charge in [-0.3, -0.25) is 4.90 Å². The first-order valence-electron chi connectivity index (χ1n) is 5.24. The Kier molecular flexibility index (Phi) is 3.17. The van der Waals surface area contributed by atoms with Crippen molar-refractivity contribution in [3.8, 4) is 0 Å². The van der Waals surface area contributed by atoms with Crippen LogP contribution >= 0.6 is 0 Å². The molecule has 1 heterocycles. The van der Waals surface area contributed by atoms with E-state index in [1.807, 2.05) is 0 Å². The maximum Gasteiger partial charge on any atom is 0.0594 e. The average molecular weight is 191 g/mol. The third-order valence-corrected chi connectivity index (χ3v) is 2.88. The average Bonchev–Trinajstić information content (AvgIpc) is 2.30. The van der Waals surface area contributed by atoms with Gasteiger partial charge < -0.3 is 4.74 Å². The van der Waals surface area contributed by atoms with Gasteiger partial charge in [0.2, 0.25) is 0 Å². The Bertz CT molecular complexity index is 267. The van der Waals surface area contributed by atoms with Crippen LogP contribution in [0, 0.1) is 0 Å². The van der Waals surface area contributed by atoms with Gasteiger partial charge in [0, 0.05) is 19.1 Å². The normalized spacial score (nSPS) is 20.6. The molecule has 2 nitrogen and oxygen atoms in total. The van der Waals surface area contributed by atoms with E-state index in [4.69, 9.17) is 4.74 Å². The number of nitrogens with zero attached hydrogens (tertiary/aromatic N) is 1. The van der Waals surface area contributed by atoms with Crippen LogP contribution in [0.25, 0.3) is 0 Å². The summed E-state index contributed by atoms with van der Waals surface area (Å²) in [5.74, 6) is 0. The van der Waals surface area contributed by atoms with Crippen molar-refractivity contribution in [2.24, 2.45) is 0 Å². The molecule has 0 aliphatic carbocycles. The molecule has 76 valence electrons. The summed E-state index contributed by atoms with van der Waals surface area (Å²) in [6.07, 6.45) is 0. The molecule has 1 atom stereocenters. The van der Waals surface area contributed by atoms with E-state index in [1.165, 1.54) is 5.56 Å². The lowest BCUT2D eigenvalue weighted by Gasteiger charge is -2.32. The van der Waals surface area contributed by atoms with Gasteiger partial charge in [0.1, 0.15) is 0 Å². The van der Waals surface area contributed by atoms with E-state index < -0.39 is 0 Å². The summed E-state index contributed by atoms with van der Waals surface area (Å²) in [5.41, 5.74) is 1.40. The van der Waals surface area contributed by atoms with Crippen molar-refractivity contribution in [1.82, 2.24) is 4.90 Å². The monoisotopic (exact) mass is 191 g/mol. The van der Waals surface area contributed by atoms with Gasteiger partial charge in [-0.25, -0.2) is 0 Å². The van der Waals surface area contributed by atoms with Crippen molar-refractivity contribution >= 4 is 0 Å². The van der Waals surface area contributed by atoms with Crippen LogP contribution in [-0.2, 0) is 4.74 Å². The third-order valence-electron chi connectivity index (χ3n) is 2.88. The Morgan fingerprint density at radius 2 is 1.79 bits per heavy atom. The highest BCUT2D eigenvalue weighted by Gasteiger charge is 2.17. The number of hydrogen-bond donors (Lipinski definition) is 0. The molecule has 0 aromatic heterocycles. The first-order valence-corrected chi connectivity index (χ1v) is 5.24. The molecule has 1 aromatic carbocycles. The van der Waals surface area contributed by atoms with Crippen LogP contribution in [0.2, 0.25) is 0 Å². The molecule has 0 amide bonds. The van der Waals surface area contributed by atoms with Gasteiger partial charge in [-0.2, -0.15) is 0 Å². The number of hydrogen-bond acceptors (Lipinski definition) is 2. The fourth-order valence-corrected chi connectivity index (χ4v) is 1.91. The van der Waals surface area contributed by atoms with E-state index in [9.17, 15) is 0 Å². The van der Waals surface area contributed by atoms with Gasteiger partial charge in [-0.15, -0.1) is 0 Å². The Morgan fingerprint density at radius 1 is 1.14 bits per heavy atom. The van der Waals surface area contributed by atoms with E-state index in [-0.39, 0.29) is 0 Å². The second kappa shape index (κ2) is 4.58. The topological polar surface area (TPSA) is 12.5 Å². The Morgan fingerprint density at radius 3 is 2.43 bits per heavy atom. The first kappa shape index (κ1) is 9.69. The van der Waals surface area contributed by atoms with Gasteiger partial charge in [0.25, 0.3) is 0 Å². The molecule has 1 aromatic rings. The number of rotatable bonds is 2. The molecular formula is C12H17NO. The van der Waals surface area contributed by atoms with Crippen molar-refractivity contribution in [2.75, 3.05) is 26.3 Å². The SMILES string of the molecule is CC(c1ccccc1)N1CCOCC1. The summed E-state index contributed by atoms with van der Waals surface area (Å²) >= 11 is 0. The minimum Gasteiger partial charge on any atom is -0.379 e. The summed E-state index contributed by atoms with van der Waals surface area (Å²) in [6.45, 7) is 6.11. The van der Waals surface area contributed by atoms with Gasteiger partial charge >= 0.3 is 0 Å². The summed E-state index contributed by atoms with van der Waals surface area (Å²) in [4.78, 5) is 2.47. The highest BCUT2D eigenvalue weighted by Crippen LogP contribution is 2.20. The molecule has 0 spiro atoms. The molecule has 14 heavy (non-hydrogen) atoms. The molecule has 1 saturated heterocycles. The minimum atomic E-state index is 0.514. The lowest BCUT2D eigenvalue weighted by molar-refractivity contribution is 0.0198. The zero-order valence-corrected chi connectivity index (χ0v) is 8.65. The highest BCUT2D eigenvalue weighted by molar-refractivity contribution is 5.18. The molecule has 2 heteroatoms. The highest BCUT2D eigenvalue weighted by atomic mass is 16.5. The van der Waals surface area contributed by atoms with E-state index in [1.54, 1.807) is 0 Å². The van der Waals surface area contributed by atoms with Crippen LogP contribution in [-0.4, -0.2) is 31.2 Å². The summed E-state index contributed by atoms with van der Waals surface area (Å²) in [5, 5.41) is 0. The third kappa shape index (κ3) is 2.14. The predicted molar refractivity (Wildman–Crippen MR) is 57.2 cm³/mol. The fourth-order valence-electron chi connectivity index (χ4n) is 1.91. The summed E-state index contributed by atoms with van der Waals surface area (Å²) in [6, 6.07) is 11.2. The molecule has 1 aliphatic heterocycles. The molecule has 0 bridgehead atoms. The molecule has 0 saturated carbocycles. The first-order chi connectivity index (χ1) is 6.88. The van der Waals surface area contributed by atoms with Gasteiger partial charge in [-0.05, 0) is 12.5 Å². The van der Waals surface area contributed by atoms with E-state index in [0.717, 1.165) is 26.3 Å². The zero-order chi connectivity index (χ0) is 9.80. The molecule has 1 fully saturated rings. The minimum absolute atomic E-state index is 0.514. The molecule has 0 N–H and O–H groups in total. The Hall–Kier alpha value is -0.860. The molecule has 1 unspecified atom stereocenters. The lowest BCUT2D eigenvalue weighted by atomic mass is 10.1. The quantitative estimate of drug-likeness (QED) is 0.709. The lowest BCUT2D eigenvalue weighted by Crippen LogP contribution is -2.37. The second-order valence-corrected chi connectivity index (χ2v) is 3.73. The maximum atomic E-state index is 5.34. The van der Waals surface area contributed by atoms with Gasteiger partial charge in [0.05, 0.1) is 13.2 Å². The molecular weight excluding hydrogens is 174 g/mol. The number of ether oxygens (including phenoxy) is 1. The van der Waals surface area contributed by atoms with Crippen LogP contribution in [0.5, 0.6) is 0 Å². The number of morpholine rings is 1. The van der Waals surface area contributed by atoms with Crippen molar-refractivity contribution < 1.29 is 4.74 Å². The van der Waals surface area contributed by atoms with Crippen molar-refractivity contribution in [1.29, 1.82) is 0 Å². The molecule has 2 rings (SSSR count). The zero-order valence-electron chi connectivity index (χ0n) is 8.65.